The first-order valence-corrected chi connectivity index (χ1v) is 8.68. The van der Waals surface area contributed by atoms with Gasteiger partial charge in [-0.1, -0.05) is 23.7 Å². The third-order valence-electron chi connectivity index (χ3n) is 4.14. The van der Waals surface area contributed by atoms with Crippen molar-refractivity contribution >= 4 is 23.4 Å². The van der Waals surface area contributed by atoms with Gasteiger partial charge >= 0.3 is 6.03 Å². The van der Waals surface area contributed by atoms with Crippen molar-refractivity contribution in [1.82, 2.24) is 10.6 Å². The molecule has 0 fully saturated rings. The number of amides is 2. The van der Waals surface area contributed by atoms with Gasteiger partial charge in [-0.2, -0.15) is 0 Å². The number of carbonyl (C=O) groups is 2. The summed E-state index contributed by atoms with van der Waals surface area (Å²) in [7, 11) is 0. The van der Waals surface area contributed by atoms with E-state index < -0.39 is 6.04 Å². The van der Waals surface area contributed by atoms with E-state index in [4.69, 9.17) is 16.3 Å². The molecule has 0 unspecified atom stereocenters. The second kappa shape index (κ2) is 7.62. The molecule has 2 aromatic carbocycles. The van der Waals surface area contributed by atoms with Gasteiger partial charge < -0.3 is 15.4 Å². The highest BCUT2D eigenvalue weighted by Gasteiger charge is 2.31. The number of halogens is 1. The molecule has 0 radical (unpaired) electrons. The van der Waals surface area contributed by atoms with Gasteiger partial charge in [-0.25, -0.2) is 4.79 Å². The summed E-state index contributed by atoms with van der Waals surface area (Å²) in [5.74, 6) is 0.577. The Morgan fingerprint density at radius 1 is 1.12 bits per heavy atom. The van der Waals surface area contributed by atoms with Gasteiger partial charge in [0.15, 0.2) is 5.78 Å². The third kappa shape index (κ3) is 3.73. The van der Waals surface area contributed by atoms with Gasteiger partial charge in [0.1, 0.15) is 5.75 Å². The Morgan fingerprint density at radius 2 is 1.77 bits per heavy atom. The topological polar surface area (TPSA) is 67.4 Å². The standard InChI is InChI=1S/C20H19ClN2O3/c1-3-26-16-10-6-13(7-11-16)18-17(12(2)22-20(25)23-18)19(24)14-4-8-15(21)9-5-14/h4-11,18H,3H2,1-2H3,(H2,22,23,25)/t18-/m1/s1. The minimum absolute atomic E-state index is 0.162. The van der Waals surface area contributed by atoms with Crippen molar-refractivity contribution in [2.75, 3.05) is 6.61 Å². The fraction of sp³-hybridized carbons (Fsp3) is 0.200. The Morgan fingerprint density at radius 3 is 2.38 bits per heavy atom. The van der Waals surface area contributed by atoms with Crippen LogP contribution in [0.2, 0.25) is 5.02 Å². The van der Waals surface area contributed by atoms with E-state index in [0.717, 1.165) is 11.3 Å². The van der Waals surface area contributed by atoms with Gasteiger partial charge in [0.25, 0.3) is 0 Å². The summed E-state index contributed by atoms with van der Waals surface area (Å²) in [6.45, 7) is 4.21. The molecule has 0 spiro atoms. The van der Waals surface area contributed by atoms with Crippen molar-refractivity contribution in [3.05, 3.63) is 76.0 Å². The number of urea groups is 1. The predicted molar refractivity (Wildman–Crippen MR) is 101 cm³/mol. The molecule has 1 atom stereocenters. The van der Waals surface area contributed by atoms with Crippen LogP contribution in [-0.2, 0) is 0 Å². The molecule has 2 aromatic rings. The summed E-state index contributed by atoms with van der Waals surface area (Å²) >= 11 is 5.91. The summed E-state index contributed by atoms with van der Waals surface area (Å²) in [4.78, 5) is 25.0. The smallest absolute Gasteiger partial charge is 0.319 e. The summed E-state index contributed by atoms with van der Waals surface area (Å²) in [6, 6.07) is 13.2. The van der Waals surface area contributed by atoms with Crippen molar-refractivity contribution in [2.45, 2.75) is 19.9 Å². The van der Waals surface area contributed by atoms with Crippen molar-refractivity contribution in [2.24, 2.45) is 0 Å². The number of rotatable bonds is 5. The normalized spacial score (nSPS) is 16.7. The van der Waals surface area contributed by atoms with Gasteiger partial charge in [-0.3, -0.25) is 4.79 Å². The Labute approximate surface area is 157 Å². The molecule has 0 saturated carbocycles. The van der Waals surface area contributed by atoms with Crippen molar-refractivity contribution in [1.29, 1.82) is 0 Å². The van der Waals surface area contributed by atoms with Crippen molar-refractivity contribution in [3.8, 4) is 5.75 Å². The first kappa shape index (κ1) is 18.0. The molecular formula is C20H19ClN2O3. The fourth-order valence-corrected chi connectivity index (χ4v) is 3.05. The van der Waals surface area contributed by atoms with Gasteiger partial charge in [0.2, 0.25) is 0 Å². The van der Waals surface area contributed by atoms with Crippen LogP contribution in [0.4, 0.5) is 4.79 Å². The van der Waals surface area contributed by atoms with E-state index in [2.05, 4.69) is 10.6 Å². The fourth-order valence-electron chi connectivity index (χ4n) is 2.92. The van der Waals surface area contributed by atoms with Gasteiger partial charge in [0, 0.05) is 21.9 Å². The van der Waals surface area contributed by atoms with E-state index >= 15 is 0 Å². The Balaban J connectivity index is 1.98. The molecule has 0 aromatic heterocycles. The van der Waals surface area contributed by atoms with Gasteiger partial charge in [-0.15, -0.1) is 0 Å². The average Bonchev–Trinajstić information content (AvgIpc) is 2.62. The molecule has 0 bridgehead atoms. The summed E-state index contributed by atoms with van der Waals surface area (Å²) in [5, 5.41) is 6.07. The SMILES string of the molecule is CCOc1ccc([C@H]2NC(=O)NC(C)=C2C(=O)c2ccc(Cl)cc2)cc1. The maximum atomic E-state index is 13.1. The Hall–Kier alpha value is -2.79. The molecule has 134 valence electrons. The summed E-state index contributed by atoms with van der Waals surface area (Å²) in [6.07, 6.45) is 0. The lowest BCUT2D eigenvalue weighted by atomic mass is 9.89. The van der Waals surface area contributed by atoms with Crippen LogP contribution in [0.15, 0.2) is 59.8 Å². The molecule has 0 aliphatic carbocycles. The van der Waals surface area contributed by atoms with Crippen LogP contribution in [0.3, 0.4) is 0 Å². The third-order valence-corrected chi connectivity index (χ3v) is 4.40. The molecule has 0 saturated heterocycles. The van der Waals surface area contributed by atoms with Gasteiger partial charge in [0.05, 0.1) is 12.6 Å². The molecule has 26 heavy (non-hydrogen) atoms. The van der Waals surface area contributed by atoms with Crippen molar-refractivity contribution in [3.63, 3.8) is 0 Å². The second-order valence-corrected chi connectivity index (χ2v) is 6.34. The Kier molecular flexibility index (Phi) is 5.28. The van der Waals surface area contributed by atoms with E-state index in [-0.39, 0.29) is 11.8 Å². The number of ketones is 1. The minimum atomic E-state index is -0.539. The molecular weight excluding hydrogens is 352 g/mol. The quantitative estimate of drug-likeness (QED) is 0.773. The minimum Gasteiger partial charge on any atom is -0.494 e. The van der Waals surface area contributed by atoms with Crippen LogP contribution >= 0.6 is 11.6 Å². The highest BCUT2D eigenvalue weighted by Crippen LogP contribution is 2.30. The zero-order valence-electron chi connectivity index (χ0n) is 14.5. The van der Waals surface area contributed by atoms with Crippen LogP contribution < -0.4 is 15.4 Å². The number of hydrogen-bond donors (Lipinski definition) is 2. The second-order valence-electron chi connectivity index (χ2n) is 5.91. The number of hydrogen-bond acceptors (Lipinski definition) is 3. The van der Waals surface area contributed by atoms with Crippen LogP contribution in [0.25, 0.3) is 0 Å². The average molecular weight is 371 g/mol. The van der Waals surface area contributed by atoms with E-state index in [0.29, 0.717) is 28.5 Å². The number of benzene rings is 2. The maximum absolute atomic E-state index is 13.1. The zero-order valence-corrected chi connectivity index (χ0v) is 15.3. The highest BCUT2D eigenvalue weighted by atomic mass is 35.5. The molecule has 1 heterocycles. The zero-order chi connectivity index (χ0) is 18.7. The van der Waals surface area contributed by atoms with E-state index in [1.165, 1.54) is 0 Å². The summed E-state index contributed by atoms with van der Waals surface area (Å²) in [5.41, 5.74) is 2.35. The van der Waals surface area contributed by atoms with Crippen LogP contribution in [0.1, 0.15) is 35.8 Å². The number of carbonyl (C=O) groups excluding carboxylic acids is 2. The maximum Gasteiger partial charge on any atom is 0.319 e. The lowest BCUT2D eigenvalue weighted by molar-refractivity contribution is 0.102. The first-order valence-electron chi connectivity index (χ1n) is 8.31. The first-order chi connectivity index (χ1) is 12.5. The number of allylic oxidation sites excluding steroid dienone is 1. The lowest BCUT2D eigenvalue weighted by Gasteiger charge is -2.28. The molecule has 6 heteroatoms. The molecule has 5 nitrogen and oxygen atoms in total. The van der Waals surface area contributed by atoms with Crippen LogP contribution in [0.5, 0.6) is 5.75 Å². The molecule has 2 amide bonds. The molecule has 3 rings (SSSR count). The van der Waals surface area contributed by atoms with E-state index in [9.17, 15) is 9.59 Å². The van der Waals surface area contributed by atoms with Crippen LogP contribution in [-0.4, -0.2) is 18.4 Å². The summed E-state index contributed by atoms with van der Waals surface area (Å²) < 4.78 is 5.45. The molecule has 2 N–H and O–H groups in total. The molecule has 1 aliphatic heterocycles. The number of nitrogens with one attached hydrogen (secondary N) is 2. The monoisotopic (exact) mass is 370 g/mol. The highest BCUT2D eigenvalue weighted by molar-refractivity contribution is 6.30. The largest absolute Gasteiger partial charge is 0.494 e. The van der Waals surface area contributed by atoms with E-state index in [1.54, 1.807) is 31.2 Å². The van der Waals surface area contributed by atoms with Crippen molar-refractivity contribution < 1.29 is 14.3 Å². The van der Waals surface area contributed by atoms with Gasteiger partial charge in [-0.05, 0) is 55.8 Å². The number of ether oxygens (including phenoxy) is 1. The predicted octanol–water partition coefficient (Wildman–Crippen LogP) is 4.25. The van der Waals surface area contributed by atoms with Crippen LogP contribution in [0, 0.1) is 0 Å². The van der Waals surface area contributed by atoms with E-state index in [1.807, 2.05) is 31.2 Å². The number of Topliss-reactive ketones (excluding diaryl/α,β-unsaturated/α-hetero) is 1. The lowest BCUT2D eigenvalue weighted by Crippen LogP contribution is -2.45. The Bertz CT molecular complexity index is 858. The molecule has 1 aliphatic rings.